The highest BCUT2D eigenvalue weighted by Crippen LogP contribution is 2.38. The first-order valence-electron chi connectivity index (χ1n) is 9.47. The van der Waals surface area contributed by atoms with Gasteiger partial charge in [-0.2, -0.15) is 0 Å². The SMILES string of the molecule is COc1ccccc1CCC(=O)N1CC2(CC(N3CCCC3)CO2)C1. The molecule has 0 aromatic heterocycles. The molecule has 3 heterocycles. The molecule has 136 valence electrons. The summed E-state index contributed by atoms with van der Waals surface area (Å²) < 4.78 is 11.5. The summed E-state index contributed by atoms with van der Waals surface area (Å²) in [6.45, 7) is 4.80. The zero-order valence-electron chi connectivity index (χ0n) is 15.1. The molecule has 3 fully saturated rings. The van der Waals surface area contributed by atoms with E-state index < -0.39 is 0 Å². The molecule has 3 aliphatic rings. The van der Waals surface area contributed by atoms with Crippen LogP contribution in [0.1, 0.15) is 31.2 Å². The van der Waals surface area contributed by atoms with E-state index in [0.717, 1.165) is 43.9 Å². The van der Waals surface area contributed by atoms with Gasteiger partial charge in [-0.15, -0.1) is 0 Å². The highest BCUT2D eigenvalue weighted by atomic mass is 16.5. The quantitative estimate of drug-likeness (QED) is 0.820. The maximum absolute atomic E-state index is 12.5. The first-order valence-corrected chi connectivity index (χ1v) is 9.47. The van der Waals surface area contributed by atoms with Crippen molar-refractivity contribution in [1.82, 2.24) is 9.80 Å². The normalized spacial score (nSPS) is 25.3. The lowest BCUT2D eigenvalue weighted by Gasteiger charge is -2.47. The van der Waals surface area contributed by atoms with E-state index in [2.05, 4.69) is 4.90 Å². The zero-order valence-corrected chi connectivity index (χ0v) is 15.1. The van der Waals surface area contributed by atoms with Crippen LogP contribution in [-0.4, -0.2) is 67.2 Å². The van der Waals surface area contributed by atoms with Gasteiger partial charge in [-0.25, -0.2) is 0 Å². The van der Waals surface area contributed by atoms with Crippen LogP contribution in [0, 0.1) is 0 Å². The number of nitrogens with zero attached hydrogens (tertiary/aromatic N) is 2. The Labute approximate surface area is 149 Å². The van der Waals surface area contributed by atoms with Crippen LogP contribution in [0.4, 0.5) is 0 Å². The second-order valence-corrected chi connectivity index (χ2v) is 7.66. The number of para-hydroxylation sites is 1. The van der Waals surface area contributed by atoms with Crippen molar-refractivity contribution in [2.75, 3.05) is 39.9 Å². The number of likely N-dealkylation sites (tertiary alicyclic amines) is 2. The Balaban J connectivity index is 1.25. The fourth-order valence-electron chi connectivity index (χ4n) is 4.52. The van der Waals surface area contributed by atoms with Crippen LogP contribution in [0.2, 0.25) is 0 Å². The standard InChI is InChI=1S/C20H28N2O3/c1-24-18-7-3-2-6-16(18)8-9-19(23)22-14-20(15-22)12-17(13-25-20)21-10-4-5-11-21/h2-3,6-7,17H,4-5,8-15H2,1H3. The molecule has 1 aromatic carbocycles. The van der Waals surface area contributed by atoms with Crippen LogP contribution in [0.15, 0.2) is 24.3 Å². The third kappa shape index (κ3) is 3.40. The van der Waals surface area contributed by atoms with Crippen LogP contribution >= 0.6 is 0 Å². The second-order valence-electron chi connectivity index (χ2n) is 7.66. The van der Waals surface area contributed by atoms with E-state index in [1.807, 2.05) is 29.2 Å². The Morgan fingerprint density at radius 1 is 1.28 bits per heavy atom. The van der Waals surface area contributed by atoms with Crippen molar-refractivity contribution in [2.24, 2.45) is 0 Å². The summed E-state index contributed by atoms with van der Waals surface area (Å²) in [6.07, 6.45) is 4.98. The van der Waals surface area contributed by atoms with Gasteiger partial charge in [0.1, 0.15) is 11.4 Å². The minimum atomic E-state index is -0.0621. The molecule has 1 atom stereocenters. The topological polar surface area (TPSA) is 42.0 Å². The number of benzene rings is 1. The molecule has 3 saturated heterocycles. The molecule has 0 radical (unpaired) electrons. The number of hydrogen-bond acceptors (Lipinski definition) is 4. The summed E-state index contributed by atoms with van der Waals surface area (Å²) >= 11 is 0. The third-order valence-electron chi connectivity index (χ3n) is 5.96. The van der Waals surface area contributed by atoms with Crippen molar-refractivity contribution in [3.8, 4) is 5.75 Å². The molecule has 1 aromatic rings. The Morgan fingerprint density at radius 3 is 2.80 bits per heavy atom. The van der Waals surface area contributed by atoms with Crippen molar-refractivity contribution in [1.29, 1.82) is 0 Å². The molecule has 5 heteroatoms. The highest BCUT2D eigenvalue weighted by molar-refractivity contribution is 5.77. The van der Waals surface area contributed by atoms with Crippen LogP contribution < -0.4 is 4.74 Å². The summed E-state index contributed by atoms with van der Waals surface area (Å²) in [6, 6.07) is 8.49. The van der Waals surface area contributed by atoms with E-state index >= 15 is 0 Å². The monoisotopic (exact) mass is 344 g/mol. The maximum atomic E-state index is 12.5. The van der Waals surface area contributed by atoms with Gasteiger partial charge in [-0.1, -0.05) is 18.2 Å². The molecular weight excluding hydrogens is 316 g/mol. The average molecular weight is 344 g/mol. The van der Waals surface area contributed by atoms with E-state index in [9.17, 15) is 4.79 Å². The largest absolute Gasteiger partial charge is 0.496 e. The fourth-order valence-corrected chi connectivity index (χ4v) is 4.52. The van der Waals surface area contributed by atoms with Gasteiger partial charge in [0.15, 0.2) is 0 Å². The Kier molecular flexibility index (Phi) is 4.69. The molecule has 0 N–H and O–H groups in total. The zero-order chi connectivity index (χ0) is 17.3. The predicted molar refractivity (Wildman–Crippen MR) is 95.8 cm³/mol. The van der Waals surface area contributed by atoms with Gasteiger partial charge in [-0.05, 0) is 50.4 Å². The van der Waals surface area contributed by atoms with Gasteiger partial charge in [0.25, 0.3) is 0 Å². The van der Waals surface area contributed by atoms with E-state index in [1.165, 1.54) is 25.9 Å². The number of ether oxygens (including phenoxy) is 2. The van der Waals surface area contributed by atoms with Gasteiger partial charge in [0.05, 0.1) is 26.8 Å². The van der Waals surface area contributed by atoms with Crippen LogP contribution in [0.25, 0.3) is 0 Å². The van der Waals surface area contributed by atoms with Gasteiger partial charge in [0, 0.05) is 12.5 Å². The van der Waals surface area contributed by atoms with Crippen molar-refractivity contribution in [3.05, 3.63) is 29.8 Å². The molecule has 4 rings (SSSR count). The first-order chi connectivity index (χ1) is 12.2. The van der Waals surface area contributed by atoms with E-state index in [-0.39, 0.29) is 11.5 Å². The lowest BCUT2D eigenvalue weighted by Crippen LogP contribution is -2.63. The van der Waals surface area contributed by atoms with Gasteiger partial charge >= 0.3 is 0 Å². The van der Waals surface area contributed by atoms with E-state index in [1.54, 1.807) is 7.11 Å². The lowest BCUT2D eigenvalue weighted by molar-refractivity contribution is -0.157. The number of carbonyl (C=O) groups is 1. The minimum absolute atomic E-state index is 0.0621. The van der Waals surface area contributed by atoms with Gasteiger partial charge in [-0.3, -0.25) is 9.69 Å². The van der Waals surface area contributed by atoms with Crippen molar-refractivity contribution >= 4 is 5.91 Å². The summed E-state index contributed by atoms with van der Waals surface area (Å²) in [5.74, 6) is 1.09. The number of carbonyl (C=O) groups excluding carboxylic acids is 1. The average Bonchev–Trinajstić information content (AvgIpc) is 3.27. The van der Waals surface area contributed by atoms with Crippen LogP contribution in [-0.2, 0) is 16.0 Å². The Morgan fingerprint density at radius 2 is 2.04 bits per heavy atom. The van der Waals surface area contributed by atoms with Crippen molar-refractivity contribution in [3.63, 3.8) is 0 Å². The summed E-state index contributed by atoms with van der Waals surface area (Å²) in [7, 11) is 1.67. The molecule has 1 amide bonds. The van der Waals surface area contributed by atoms with Crippen molar-refractivity contribution in [2.45, 2.75) is 43.7 Å². The van der Waals surface area contributed by atoms with Gasteiger partial charge in [0.2, 0.25) is 5.91 Å². The van der Waals surface area contributed by atoms with Crippen molar-refractivity contribution < 1.29 is 14.3 Å². The third-order valence-corrected chi connectivity index (χ3v) is 5.96. The Hall–Kier alpha value is -1.59. The first kappa shape index (κ1) is 16.9. The van der Waals surface area contributed by atoms with E-state index in [4.69, 9.17) is 9.47 Å². The molecule has 3 aliphatic heterocycles. The van der Waals surface area contributed by atoms with Crippen LogP contribution in [0.3, 0.4) is 0 Å². The number of methoxy groups -OCH3 is 1. The second kappa shape index (κ2) is 6.96. The Bertz CT molecular complexity index is 621. The summed E-state index contributed by atoms with van der Waals surface area (Å²) in [4.78, 5) is 17.0. The molecule has 25 heavy (non-hydrogen) atoms. The number of aryl methyl sites for hydroxylation is 1. The van der Waals surface area contributed by atoms with E-state index in [0.29, 0.717) is 12.5 Å². The number of amides is 1. The summed E-state index contributed by atoms with van der Waals surface area (Å²) in [5.41, 5.74) is 1.03. The number of hydrogen-bond donors (Lipinski definition) is 0. The molecule has 0 aliphatic carbocycles. The molecule has 0 saturated carbocycles. The summed E-state index contributed by atoms with van der Waals surface area (Å²) in [5, 5.41) is 0. The molecule has 1 spiro atoms. The minimum Gasteiger partial charge on any atom is -0.496 e. The fraction of sp³-hybridized carbons (Fsp3) is 0.650. The predicted octanol–water partition coefficient (Wildman–Crippen LogP) is 2.09. The molecule has 5 nitrogen and oxygen atoms in total. The smallest absolute Gasteiger partial charge is 0.223 e. The van der Waals surface area contributed by atoms with Gasteiger partial charge < -0.3 is 14.4 Å². The highest BCUT2D eigenvalue weighted by Gasteiger charge is 2.52. The molecular formula is C20H28N2O3. The molecule has 0 bridgehead atoms. The maximum Gasteiger partial charge on any atom is 0.223 e. The molecule has 1 unspecified atom stereocenters. The lowest BCUT2D eigenvalue weighted by atomic mass is 9.88. The van der Waals surface area contributed by atoms with Crippen LogP contribution in [0.5, 0.6) is 5.75 Å². The number of rotatable bonds is 5.